The molecule has 3 aromatic heterocycles. The Labute approximate surface area is 240 Å². The number of rotatable bonds is 5. The monoisotopic (exact) mass is 572 g/mol. The van der Waals surface area contributed by atoms with Crippen LogP contribution in [0.15, 0.2) is 42.6 Å². The maximum absolute atomic E-state index is 13.5. The predicted molar refractivity (Wildman–Crippen MR) is 154 cm³/mol. The lowest BCUT2D eigenvalue weighted by atomic mass is 9.72. The highest BCUT2D eigenvalue weighted by molar-refractivity contribution is 7.16. The molecule has 7 rings (SSSR count). The molecule has 12 heteroatoms. The summed E-state index contributed by atoms with van der Waals surface area (Å²) in [7, 11) is 1.94. The van der Waals surface area contributed by atoms with E-state index >= 15 is 0 Å². The molecule has 210 valence electrons. The van der Waals surface area contributed by atoms with Crippen LogP contribution in [0.5, 0.6) is 0 Å². The fourth-order valence-corrected chi connectivity index (χ4v) is 7.01. The second-order valence-corrected chi connectivity index (χ2v) is 12.2. The Morgan fingerprint density at radius 1 is 1.20 bits per heavy atom. The maximum Gasteiger partial charge on any atom is 0.320 e. The Bertz CT molecular complexity index is 1690. The van der Waals surface area contributed by atoms with Gasteiger partial charge in [-0.25, -0.2) is 18.7 Å². The number of β-amino-alcohol motifs (C(OH)–C–C–N with tert-alkyl or cyclic N) is 1. The number of pyridine rings is 1. The van der Waals surface area contributed by atoms with Crippen LogP contribution >= 0.6 is 11.3 Å². The molecule has 6 heterocycles. The molecule has 3 saturated heterocycles. The van der Waals surface area contributed by atoms with Gasteiger partial charge in [-0.05, 0) is 42.8 Å². The fourth-order valence-electron chi connectivity index (χ4n) is 6.15. The minimum Gasteiger partial charge on any atom is -0.389 e. The van der Waals surface area contributed by atoms with E-state index in [2.05, 4.69) is 30.0 Å². The molecule has 0 radical (unpaired) electrons. The fraction of sp³-hybridized carbons (Fsp3) is 0.379. The number of anilines is 3. The van der Waals surface area contributed by atoms with Gasteiger partial charge < -0.3 is 24.7 Å². The zero-order valence-electron chi connectivity index (χ0n) is 22.8. The van der Waals surface area contributed by atoms with Crippen molar-refractivity contribution in [2.75, 3.05) is 56.1 Å². The number of amides is 2. The highest BCUT2D eigenvalue weighted by Gasteiger charge is 2.54. The molecule has 1 N–H and O–H groups in total. The molecule has 1 spiro atoms. The summed E-state index contributed by atoms with van der Waals surface area (Å²) in [6, 6.07) is 12.5. The number of urea groups is 1. The number of hydrogen-bond donors (Lipinski definition) is 1. The first-order chi connectivity index (χ1) is 19.8. The molecule has 2 amide bonds. The molecule has 3 fully saturated rings. The molecule has 3 aliphatic heterocycles. The van der Waals surface area contributed by atoms with Gasteiger partial charge in [0.15, 0.2) is 5.13 Å². The molecule has 0 saturated carbocycles. The van der Waals surface area contributed by atoms with Gasteiger partial charge in [-0.15, -0.1) is 0 Å². The minimum absolute atomic E-state index is 0.0316. The molecule has 3 aliphatic rings. The predicted octanol–water partition coefficient (Wildman–Crippen LogP) is 3.72. The molecule has 1 aromatic carbocycles. The van der Waals surface area contributed by atoms with Crippen molar-refractivity contribution in [1.82, 2.24) is 24.4 Å². The number of halogens is 1. The number of aliphatic hydroxyl groups excluding tert-OH is 1. The van der Waals surface area contributed by atoms with Crippen LogP contribution in [0.2, 0.25) is 0 Å². The third-order valence-corrected chi connectivity index (χ3v) is 9.36. The third-order valence-electron chi connectivity index (χ3n) is 8.33. The van der Waals surface area contributed by atoms with Crippen LogP contribution in [0.4, 0.5) is 25.7 Å². The van der Waals surface area contributed by atoms with Crippen molar-refractivity contribution in [3.63, 3.8) is 0 Å². The van der Waals surface area contributed by atoms with E-state index < -0.39 is 0 Å². The van der Waals surface area contributed by atoms with Gasteiger partial charge in [0.2, 0.25) is 0 Å². The molecule has 10 nitrogen and oxygen atoms in total. The molecule has 0 bridgehead atoms. The Hall–Kier alpha value is -4.21. The number of benzene rings is 1. The molecule has 4 aromatic rings. The summed E-state index contributed by atoms with van der Waals surface area (Å²) in [6.45, 7) is 6.20. The highest BCUT2D eigenvalue weighted by atomic mass is 32.1. The van der Waals surface area contributed by atoms with Gasteiger partial charge in [0.1, 0.15) is 22.5 Å². The maximum atomic E-state index is 13.5. The van der Waals surface area contributed by atoms with E-state index in [9.17, 15) is 19.6 Å². The van der Waals surface area contributed by atoms with E-state index in [4.69, 9.17) is 10.1 Å². The lowest BCUT2D eigenvalue weighted by molar-refractivity contribution is -0.0329. The first-order valence-corrected chi connectivity index (χ1v) is 14.5. The van der Waals surface area contributed by atoms with Gasteiger partial charge in [-0.3, -0.25) is 0 Å². The van der Waals surface area contributed by atoms with Crippen LogP contribution in [-0.2, 0) is 6.42 Å². The summed E-state index contributed by atoms with van der Waals surface area (Å²) < 4.78 is 15.4. The number of aliphatic hydroxyl groups is 1. The summed E-state index contributed by atoms with van der Waals surface area (Å²) in [5.41, 5.74) is 5.27. The number of aryl methyl sites for hydroxylation is 1. The second kappa shape index (κ2) is 9.43. The SMILES string of the molecule is CCc1nn2ccc(N3CC4(CN(C(=O)N5CC(O)C5)C4)C3)cc2c1N(C)c1nc(-c2ccc(F)cc2)c(C#N)s1. The summed E-state index contributed by atoms with van der Waals surface area (Å²) in [6.07, 6.45) is 2.32. The van der Waals surface area contributed by atoms with Gasteiger partial charge in [-0.1, -0.05) is 18.3 Å². The smallest absolute Gasteiger partial charge is 0.320 e. The van der Waals surface area contributed by atoms with Crippen molar-refractivity contribution in [1.29, 1.82) is 5.26 Å². The van der Waals surface area contributed by atoms with Crippen molar-refractivity contribution in [2.24, 2.45) is 5.41 Å². The minimum atomic E-state index is -0.384. The van der Waals surface area contributed by atoms with Crippen LogP contribution < -0.4 is 9.80 Å². The number of nitrogens with zero attached hydrogens (tertiary/aromatic N) is 8. The summed E-state index contributed by atoms with van der Waals surface area (Å²) in [5, 5.41) is 24.8. The van der Waals surface area contributed by atoms with Crippen LogP contribution in [0.25, 0.3) is 16.8 Å². The van der Waals surface area contributed by atoms with Crippen LogP contribution in [0.1, 0.15) is 17.5 Å². The van der Waals surface area contributed by atoms with Gasteiger partial charge in [0.25, 0.3) is 0 Å². The molecule has 0 atom stereocenters. The highest BCUT2D eigenvalue weighted by Crippen LogP contribution is 2.44. The number of carbonyl (C=O) groups is 1. The summed E-state index contributed by atoms with van der Waals surface area (Å²) in [5.74, 6) is -0.335. The van der Waals surface area contributed by atoms with Gasteiger partial charge in [0.05, 0.1) is 36.1 Å². The van der Waals surface area contributed by atoms with Crippen LogP contribution in [-0.4, -0.2) is 88.0 Å². The van der Waals surface area contributed by atoms with E-state index in [0.29, 0.717) is 34.4 Å². The van der Waals surface area contributed by atoms with E-state index in [-0.39, 0.29) is 23.4 Å². The average molecular weight is 573 g/mol. The first-order valence-electron chi connectivity index (χ1n) is 13.7. The Morgan fingerprint density at radius 3 is 2.59 bits per heavy atom. The van der Waals surface area contributed by atoms with Crippen molar-refractivity contribution in [2.45, 2.75) is 19.4 Å². The van der Waals surface area contributed by atoms with E-state index in [1.54, 1.807) is 17.0 Å². The summed E-state index contributed by atoms with van der Waals surface area (Å²) >= 11 is 1.30. The Kier molecular flexibility index (Phi) is 5.92. The first kappa shape index (κ1) is 25.7. The average Bonchev–Trinajstić information content (AvgIpc) is 3.51. The Morgan fingerprint density at radius 2 is 1.93 bits per heavy atom. The van der Waals surface area contributed by atoms with E-state index in [0.717, 1.165) is 55.2 Å². The summed E-state index contributed by atoms with van der Waals surface area (Å²) in [4.78, 5) is 25.7. The second-order valence-electron chi connectivity index (χ2n) is 11.3. The zero-order chi connectivity index (χ0) is 28.5. The van der Waals surface area contributed by atoms with Gasteiger partial charge in [0, 0.05) is 56.1 Å². The van der Waals surface area contributed by atoms with Crippen molar-refractivity contribution in [3.05, 3.63) is 59.0 Å². The number of likely N-dealkylation sites (tertiary alicyclic amines) is 2. The quantitative estimate of drug-likeness (QED) is 0.389. The third kappa shape index (κ3) is 4.19. The number of aromatic nitrogens is 3. The van der Waals surface area contributed by atoms with E-state index in [1.165, 1.54) is 23.5 Å². The zero-order valence-corrected chi connectivity index (χ0v) is 23.6. The number of nitriles is 1. The standard InChI is InChI=1S/C29H29FN8O2S/c1-3-22-26(34(2)27-32-25(24(11-31)41-27)18-4-6-19(30)7-5-18)23-10-20(8-9-38(23)33-22)36-14-29(15-36)16-37(17-29)28(40)35-12-21(39)13-35/h4-10,21,39H,3,12-17H2,1-2H3. The number of thiazole rings is 1. The van der Waals surface area contributed by atoms with Gasteiger partial charge in [-0.2, -0.15) is 10.4 Å². The number of fused-ring (bicyclic) bond motifs is 1. The lowest BCUT2D eigenvalue weighted by Crippen LogP contribution is -2.75. The van der Waals surface area contributed by atoms with Crippen LogP contribution in [0.3, 0.4) is 0 Å². The Balaban J connectivity index is 1.12. The molecular weight excluding hydrogens is 543 g/mol. The largest absolute Gasteiger partial charge is 0.389 e. The number of carbonyl (C=O) groups excluding carboxylic acids is 1. The van der Waals surface area contributed by atoms with Crippen molar-refractivity contribution >= 4 is 39.4 Å². The normalized spacial score (nSPS) is 17.8. The molecule has 0 aliphatic carbocycles. The molecular formula is C29H29FN8O2S. The molecule has 41 heavy (non-hydrogen) atoms. The lowest BCUT2D eigenvalue weighted by Gasteiger charge is -2.61. The van der Waals surface area contributed by atoms with Crippen LogP contribution in [0, 0.1) is 22.6 Å². The van der Waals surface area contributed by atoms with Gasteiger partial charge >= 0.3 is 6.03 Å². The van der Waals surface area contributed by atoms with E-state index in [1.807, 2.05) is 27.6 Å². The van der Waals surface area contributed by atoms with Crippen molar-refractivity contribution < 1.29 is 14.3 Å². The molecule has 0 unspecified atom stereocenters. The topological polar surface area (TPSA) is 104 Å². The van der Waals surface area contributed by atoms with Crippen molar-refractivity contribution in [3.8, 4) is 17.3 Å². The number of hydrogen-bond acceptors (Lipinski definition) is 8.